The second kappa shape index (κ2) is 18.5. The van der Waals surface area contributed by atoms with Crippen molar-refractivity contribution < 1.29 is 24.8 Å². The van der Waals surface area contributed by atoms with E-state index in [1.165, 1.54) is 49.8 Å². The van der Waals surface area contributed by atoms with Crippen LogP contribution in [0, 0.1) is 29.9 Å². The number of nitrogens with one attached hydrogen (secondary N) is 2. The molecule has 9 nitrogen and oxygen atoms in total. The third-order valence-corrected chi connectivity index (χ3v) is 10.8. The lowest BCUT2D eigenvalue weighted by molar-refractivity contribution is 0.102. The van der Waals surface area contributed by atoms with Gasteiger partial charge in [0, 0.05) is 32.2 Å². The van der Waals surface area contributed by atoms with Gasteiger partial charge in [-0.05, 0) is 82.2 Å². The van der Waals surface area contributed by atoms with Crippen LogP contribution >= 0.6 is 0 Å². The van der Waals surface area contributed by atoms with Crippen molar-refractivity contribution in [3.05, 3.63) is 59.2 Å². The topological polar surface area (TPSA) is 142 Å². The van der Waals surface area contributed by atoms with Gasteiger partial charge >= 0.3 is 0 Å². The lowest BCUT2D eigenvalue weighted by Crippen LogP contribution is -2.36. The number of aryl methyl sites for hydroxylation is 1. The number of aliphatic hydroxyl groups is 2. The highest BCUT2D eigenvalue weighted by Crippen LogP contribution is 2.47. The molecule has 2 aliphatic heterocycles. The van der Waals surface area contributed by atoms with E-state index in [9.17, 15) is 15.3 Å². The van der Waals surface area contributed by atoms with Gasteiger partial charge in [0.2, 0.25) is 0 Å². The van der Waals surface area contributed by atoms with Crippen molar-refractivity contribution >= 4 is 5.71 Å². The first-order chi connectivity index (χ1) is 23.4. The number of likely N-dealkylation sites (N-methyl/N-ethyl adjacent to an activating group) is 1. The summed E-state index contributed by atoms with van der Waals surface area (Å²) in [6.45, 7) is 4.42. The van der Waals surface area contributed by atoms with Crippen molar-refractivity contribution in [2.45, 2.75) is 109 Å². The largest absolute Gasteiger partial charge is 0.504 e. The number of nitrogens with zero attached hydrogens (tertiary/aromatic N) is 1. The van der Waals surface area contributed by atoms with Crippen molar-refractivity contribution in [1.29, 1.82) is 0 Å². The van der Waals surface area contributed by atoms with Crippen LogP contribution in [0.5, 0.6) is 11.5 Å². The SMILES string of the molecule is CN[C@@H](COc1cc(CC[C-]2C=C(CO)C(CCCCCCCN)O2)ccc1O)[C+]1C=C2C(=N1)CC[C@H]1CCC[C@@H]1[C@@H]2CNC[C@H](C)O. The van der Waals surface area contributed by atoms with Gasteiger partial charge in [0.1, 0.15) is 18.2 Å². The zero-order valence-corrected chi connectivity index (χ0v) is 29.3. The first-order valence-electron chi connectivity index (χ1n) is 18.6. The number of nitrogens with two attached hydrogens (primary N) is 1. The molecule has 0 radical (unpaired) electrons. The lowest BCUT2D eigenvalue weighted by Gasteiger charge is -2.24. The molecule has 2 saturated carbocycles. The highest BCUT2D eigenvalue weighted by atomic mass is 16.5. The number of phenolic OH excluding ortho intramolecular Hbond substituents is 1. The maximum atomic E-state index is 10.7. The number of unbranched alkanes of at least 4 members (excludes halogenated alkanes) is 4. The zero-order valence-electron chi connectivity index (χ0n) is 29.3. The summed E-state index contributed by atoms with van der Waals surface area (Å²) in [7, 11) is 1.93. The Kier molecular flexibility index (Phi) is 14.1. The van der Waals surface area contributed by atoms with E-state index in [1.807, 2.05) is 32.2 Å². The molecule has 0 bridgehead atoms. The van der Waals surface area contributed by atoms with Crippen molar-refractivity contribution in [2.75, 3.05) is 39.9 Å². The Labute approximate surface area is 288 Å². The average molecular weight is 665 g/mol. The van der Waals surface area contributed by atoms with Crippen molar-refractivity contribution in [3.8, 4) is 11.5 Å². The van der Waals surface area contributed by atoms with Crippen LogP contribution in [0.4, 0.5) is 0 Å². The minimum absolute atomic E-state index is 0.0219. The van der Waals surface area contributed by atoms with Crippen molar-refractivity contribution in [2.24, 2.45) is 28.5 Å². The molecule has 0 saturated heterocycles. The van der Waals surface area contributed by atoms with Crippen LogP contribution in [0.3, 0.4) is 0 Å². The monoisotopic (exact) mass is 664 g/mol. The van der Waals surface area contributed by atoms with E-state index in [1.54, 1.807) is 6.07 Å². The van der Waals surface area contributed by atoms with E-state index in [0.717, 1.165) is 87.2 Å². The zero-order chi connectivity index (χ0) is 33.9. The molecule has 0 aromatic heterocycles. The van der Waals surface area contributed by atoms with E-state index in [-0.39, 0.29) is 30.6 Å². The Morgan fingerprint density at radius 3 is 2.79 bits per heavy atom. The number of rotatable bonds is 20. The summed E-state index contributed by atoms with van der Waals surface area (Å²) >= 11 is 0. The van der Waals surface area contributed by atoms with Crippen LogP contribution < -0.4 is 21.1 Å². The molecule has 48 heavy (non-hydrogen) atoms. The smallest absolute Gasteiger partial charge is 0.189 e. The summed E-state index contributed by atoms with van der Waals surface area (Å²) in [6.07, 6.45) is 19.0. The minimum atomic E-state index is -0.362. The van der Waals surface area contributed by atoms with Crippen LogP contribution in [0.2, 0.25) is 0 Å². The van der Waals surface area contributed by atoms with Gasteiger partial charge < -0.3 is 35.8 Å². The van der Waals surface area contributed by atoms with Gasteiger partial charge in [-0.1, -0.05) is 57.1 Å². The summed E-state index contributed by atoms with van der Waals surface area (Å²) in [5.74, 6) is 2.41. The Hall–Kier alpha value is -2.53. The molecular formula is C39H60N4O5. The molecule has 0 spiro atoms. The molecule has 1 unspecified atom stereocenters. The molecule has 2 fully saturated rings. The second-order valence-corrected chi connectivity index (χ2v) is 14.3. The maximum absolute atomic E-state index is 10.7. The summed E-state index contributed by atoms with van der Waals surface area (Å²) in [5.41, 5.74) is 10.2. The van der Waals surface area contributed by atoms with Crippen LogP contribution in [-0.4, -0.2) is 79.2 Å². The van der Waals surface area contributed by atoms with Gasteiger partial charge in [0.15, 0.2) is 23.3 Å². The van der Waals surface area contributed by atoms with Gasteiger partial charge in [-0.25, -0.2) is 0 Å². The molecule has 1 aromatic rings. The Morgan fingerprint density at radius 2 is 2.00 bits per heavy atom. The number of benzene rings is 1. The number of ether oxygens (including phenoxy) is 2. The molecule has 2 heterocycles. The highest BCUT2D eigenvalue weighted by Gasteiger charge is 2.47. The molecule has 9 heteroatoms. The summed E-state index contributed by atoms with van der Waals surface area (Å²) in [6, 6.07) is 6.42. The minimum Gasteiger partial charge on any atom is -0.504 e. The summed E-state index contributed by atoms with van der Waals surface area (Å²) in [4.78, 5) is 5.16. The molecule has 0 amide bonds. The molecule has 266 valence electrons. The van der Waals surface area contributed by atoms with E-state index in [4.69, 9.17) is 20.2 Å². The van der Waals surface area contributed by atoms with Gasteiger partial charge in [-0.3, -0.25) is 5.32 Å². The Balaban J connectivity index is 1.15. The number of phenols is 1. The van der Waals surface area contributed by atoms with E-state index in [2.05, 4.69) is 16.7 Å². The van der Waals surface area contributed by atoms with Crippen molar-refractivity contribution in [1.82, 2.24) is 10.6 Å². The fourth-order valence-electron chi connectivity index (χ4n) is 8.12. The number of fused-ring (bicyclic) bond motifs is 2. The highest BCUT2D eigenvalue weighted by molar-refractivity contribution is 6.04. The number of aliphatic hydroxyl groups excluding tert-OH is 2. The number of aliphatic imine (C=N–C) groups is 1. The summed E-state index contributed by atoms with van der Waals surface area (Å²) < 4.78 is 12.5. The first-order valence-corrected chi connectivity index (χ1v) is 18.6. The standard InChI is InChI=1S/C39H60N4O5/c1-26(45)22-42-23-33-31-10-8-9-28(31)14-16-34-32(33)21-35(43-34)36(41-2)25-47-39-19-27(13-17-37(39)46)12-15-30-20-29(24-44)38(48-30)11-6-4-3-5-7-18-40/h13,17,19-21,26,28,31,33,36,38,41-42,44-46H,3-12,14-16,18,22-25,40H2,1-2H3/t26-,28+,31-,33-,36-,38?/m0/s1. The van der Waals surface area contributed by atoms with Crippen LogP contribution in [0.1, 0.15) is 89.5 Å². The number of hydrogen-bond donors (Lipinski definition) is 6. The third-order valence-electron chi connectivity index (χ3n) is 10.8. The first kappa shape index (κ1) is 36.7. The molecule has 6 atom stereocenters. The summed E-state index contributed by atoms with van der Waals surface area (Å²) in [5, 5.41) is 37.3. The molecule has 2 aliphatic carbocycles. The number of aromatic hydroxyl groups is 1. The van der Waals surface area contributed by atoms with Gasteiger partial charge in [0.25, 0.3) is 0 Å². The van der Waals surface area contributed by atoms with Gasteiger partial charge in [0.05, 0.1) is 18.1 Å². The lowest BCUT2D eigenvalue weighted by atomic mass is 9.80. The quantitative estimate of drug-likeness (QED) is 0.0831. The normalized spacial score (nSPS) is 24.9. The Morgan fingerprint density at radius 1 is 1.17 bits per heavy atom. The average Bonchev–Trinajstić information content (AvgIpc) is 3.81. The fourth-order valence-corrected chi connectivity index (χ4v) is 8.12. The van der Waals surface area contributed by atoms with E-state index >= 15 is 0 Å². The van der Waals surface area contributed by atoms with Crippen LogP contribution in [-0.2, 0) is 11.2 Å². The Bertz CT molecular complexity index is 1250. The van der Waals surface area contributed by atoms with Crippen LogP contribution in [0.15, 0.2) is 46.5 Å². The molecular weight excluding hydrogens is 604 g/mol. The third kappa shape index (κ3) is 9.79. The maximum Gasteiger partial charge on any atom is 0.189 e. The molecule has 1 aromatic carbocycles. The van der Waals surface area contributed by atoms with E-state index in [0.29, 0.717) is 30.7 Å². The molecule has 5 rings (SSSR count). The van der Waals surface area contributed by atoms with Gasteiger partial charge in [-0.2, -0.15) is 11.6 Å². The second-order valence-electron chi connectivity index (χ2n) is 14.3. The van der Waals surface area contributed by atoms with E-state index < -0.39 is 0 Å². The molecule has 4 aliphatic rings. The predicted octanol–water partition coefficient (Wildman–Crippen LogP) is 5.15. The van der Waals surface area contributed by atoms with Crippen LogP contribution in [0.25, 0.3) is 0 Å². The van der Waals surface area contributed by atoms with Gasteiger partial charge in [-0.15, -0.1) is 4.99 Å². The molecule has 7 N–H and O–H groups in total. The van der Waals surface area contributed by atoms with Crippen molar-refractivity contribution in [3.63, 3.8) is 0 Å². The number of hydrogen-bond acceptors (Lipinski definition) is 9. The predicted molar refractivity (Wildman–Crippen MR) is 192 cm³/mol. The fraction of sp³-hybridized carbons (Fsp3) is 0.667.